The topological polar surface area (TPSA) is 0 Å². The van der Waals surface area contributed by atoms with E-state index >= 15 is 0 Å². The largest absolute Gasteiger partial charge is 0.269 e. The highest BCUT2D eigenvalue weighted by Crippen LogP contribution is 2.02. The van der Waals surface area contributed by atoms with E-state index in [9.17, 15) is 0 Å². The van der Waals surface area contributed by atoms with Crippen molar-refractivity contribution in [2.75, 3.05) is 0 Å². The Bertz CT molecular complexity index is 248. The number of halogens is 1. The van der Waals surface area contributed by atoms with E-state index in [4.69, 9.17) is 0 Å². The van der Waals surface area contributed by atoms with Gasteiger partial charge >= 0.3 is 0 Å². The highest BCUT2D eigenvalue weighted by atomic mass is 28.3. The van der Waals surface area contributed by atoms with E-state index < -0.39 is 8.80 Å². The smallest absolute Gasteiger partial charge is 0.0881 e. The third kappa shape index (κ3) is 3.85. The van der Waals surface area contributed by atoms with Gasteiger partial charge in [-0.1, -0.05) is 35.9 Å². The molecule has 2 heteroatoms. The molecule has 0 bridgehead atoms. The molecule has 0 nitrogen and oxygen atoms in total. The average molecular weight is 194 g/mol. The molecule has 0 radical (unpaired) electrons. The van der Waals surface area contributed by atoms with Crippen molar-refractivity contribution in [3.63, 3.8) is 0 Å². The molecule has 0 unspecified atom stereocenters. The molecule has 1 aromatic carbocycles. The van der Waals surface area contributed by atoms with Crippen molar-refractivity contribution in [1.82, 2.24) is 0 Å². The Morgan fingerprint density at radius 2 is 1.62 bits per heavy atom. The van der Waals surface area contributed by atoms with Crippen molar-refractivity contribution in [3.8, 4) is 0 Å². The summed E-state index contributed by atoms with van der Waals surface area (Å²) in [6.07, 6.45) is 0. The highest BCUT2D eigenvalue weighted by Gasteiger charge is 2.00. The summed E-state index contributed by atoms with van der Waals surface area (Å²) in [5.74, 6) is 0. The second-order valence-electron chi connectivity index (χ2n) is 2.82. The van der Waals surface area contributed by atoms with Gasteiger partial charge < -0.3 is 0 Å². The lowest BCUT2D eigenvalue weighted by molar-refractivity contribution is 1.11. The minimum absolute atomic E-state index is 0. The van der Waals surface area contributed by atoms with Crippen LogP contribution in [0.4, 0.5) is 4.70 Å². The predicted octanol–water partition coefficient (Wildman–Crippen LogP) is 2.60. The molecule has 13 heavy (non-hydrogen) atoms. The Labute approximate surface area is 80.6 Å². The molecule has 0 saturated carbocycles. The quantitative estimate of drug-likeness (QED) is 0.646. The van der Waals surface area contributed by atoms with Gasteiger partial charge in [-0.15, -0.1) is 24.6 Å². The standard InChI is InChI=1S/C11H14Si.FH/c1-3-12(4-2)10-11-8-6-5-7-9-11;/h3-9,12H,1-2,10H2;1H. The molecule has 0 heterocycles. The zero-order valence-electron chi connectivity index (χ0n) is 7.65. The van der Waals surface area contributed by atoms with Crippen LogP contribution in [0, 0.1) is 0 Å². The van der Waals surface area contributed by atoms with Crippen molar-refractivity contribution in [2.45, 2.75) is 6.04 Å². The first-order chi connectivity index (χ1) is 5.86. The number of hydrogen-bond acceptors (Lipinski definition) is 0. The van der Waals surface area contributed by atoms with Gasteiger partial charge in [-0.3, -0.25) is 4.70 Å². The molecule has 0 fully saturated rings. The molecule has 70 valence electrons. The third-order valence-corrected chi connectivity index (χ3v) is 4.07. The minimum Gasteiger partial charge on any atom is -0.269 e. The first-order valence-corrected chi connectivity index (χ1v) is 6.31. The molecule has 0 aliphatic rings. The molecular formula is C11H15FSi. The van der Waals surface area contributed by atoms with E-state index in [2.05, 4.69) is 48.8 Å². The van der Waals surface area contributed by atoms with Crippen LogP contribution in [0.5, 0.6) is 0 Å². The Balaban J connectivity index is 0.00000144. The van der Waals surface area contributed by atoms with Crippen molar-refractivity contribution < 1.29 is 4.70 Å². The summed E-state index contributed by atoms with van der Waals surface area (Å²) in [6, 6.07) is 11.7. The van der Waals surface area contributed by atoms with Gasteiger partial charge in [-0.25, -0.2) is 0 Å². The van der Waals surface area contributed by atoms with E-state index in [1.54, 1.807) is 0 Å². The lowest BCUT2D eigenvalue weighted by Crippen LogP contribution is -2.09. The second kappa shape index (κ2) is 6.37. The van der Waals surface area contributed by atoms with E-state index in [0.717, 1.165) is 6.04 Å². The fourth-order valence-corrected chi connectivity index (χ4v) is 2.49. The van der Waals surface area contributed by atoms with Gasteiger partial charge in [-0.05, 0) is 6.04 Å². The maximum atomic E-state index is 3.82. The molecule has 0 amide bonds. The number of hydrogen-bond donors (Lipinski definition) is 0. The zero-order valence-corrected chi connectivity index (χ0v) is 8.80. The van der Waals surface area contributed by atoms with Gasteiger partial charge in [0.1, 0.15) is 0 Å². The van der Waals surface area contributed by atoms with E-state index in [-0.39, 0.29) is 4.70 Å². The summed E-state index contributed by atoms with van der Waals surface area (Å²) in [5.41, 5.74) is 5.54. The molecule has 1 rings (SSSR count). The van der Waals surface area contributed by atoms with Crippen LogP contribution in [0.15, 0.2) is 54.9 Å². The lowest BCUT2D eigenvalue weighted by atomic mass is 10.2. The fraction of sp³-hybridized carbons (Fsp3) is 0.0909. The summed E-state index contributed by atoms with van der Waals surface area (Å²) in [5, 5.41) is 0. The molecule has 0 aromatic heterocycles. The van der Waals surface area contributed by atoms with Crippen molar-refractivity contribution in [2.24, 2.45) is 0 Å². The van der Waals surface area contributed by atoms with Crippen molar-refractivity contribution in [1.29, 1.82) is 0 Å². The Hall–Kier alpha value is -1.15. The summed E-state index contributed by atoms with van der Waals surface area (Å²) in [6.45, 7) is 7.64. The summed E-state index contributed by atoms with van der Waals surface area (Å²) in [7, 11) is -0.891. The highest BCUT2D eigenvalue weighted by molar-refractivity contribution is 6.68. The predicted molar refractivity (Wildman–Crippen MR) is 60.2 cm³/mol. The maximum absolute atomic E-state index is 3.82. The average Bonchev–Trinajstić information content (AvgIpc) is 2.16. The zero-order chi connectivity index (χ0) is 8.81. The number of rotatable bonds is 4. The van der Waals surface area contributed by atoms with Gasteiger partial charge in [0.15, 0.2) is 0 Å². The normalized spacial score (nSPS) is 9.00. The summed E-state index contributed by atoms with van der Waals surface area (Å²) < 4.78 is 0. The van der Waals surface area contributed by atoms with Crippen molar-refractivity contribution in [3.05, 3.63) is 60.5 Å². The van der Waals surface area contributed by atoms with Crippen LogP contribution >= 0.6 is 0 Å². The van der Waals surface area contributed by atoms with Gasteiger partial charge in [0, 0.05) is 0 Å². The van der Waals surface area contributed by atoms with Gasteiger partial charge in [-0.2, -0.15) is 0 Å². The Morgan fingerprint density at radius 3 is 2.08 bits per heavy atom. The van der Waals surface area contributed by atoms with Crippen molar-refractivity contribution >= 4 is 8.80 Å². The van der Waals surface area contributed by atoms with Crippen LogP contribution in [0.25, 0.3) is 0 Å². The lowest BCUT2D eigenvalue weighted by Gasteiger charge is -2.03. The minimum atomic E-state index is -0.891. The third-order valence-electron chi connectivity index (χ3n) is 1.92. The summed E-state index contributed by atoms with van der Waals surface area (Å²) in [4.78, 5) is 0. The Kier molecular flexibility index (Phi) is 5.81. The monoisotopic (exact) mass is 194 g/mol. The van der Waals surface area contributed by atoms with E-state index in [1.165, 1.54) is 5.56 Å². The van der Waals surface area contributed by atoms with Gasteiger partial charge in [0.2, 0.25) is 0 Å². The van der Waals surface area contributed by atoms with E-state index in [0.29, 0.717) is 0 Å². The molecule has 0 spiro atoms. The summed E-state index contributed by atoms with van der Waals surface area (Å²) >= 11 is 0. The molecule has 0 N–H and O–H groups in total. The van der Waals surface area contributed by atoms with E-state index in [1.807, 2.05) is 6.07 Å². The van der Waals surface area contributed by atoms with Crippen LogP contribution in [-0.2, 0) is 6.04 Å². The van der Waals surface area contributed by atoms with Crippen LogP contribution < -0.4 is 0 Å². The molecule has 0 atom stereocenters. The molecule has 0 aliphatic heterocycles. The molecule has 0 aliphatic carbocycles. The first kappa shape index (κ1) is 11.8. The van der Waals surface area contributed by atoms with Crippen LogP contribution in [0.3, 0.4) is 0 Å². The maximum Gasteiger partial charge on any atom is 0.0881 e. The number of benzene rings is 1. The fourth-order valence-electron chi connectivity index (χ4n) is 1.15. The molecular weight excluding hydrogens is 179 g/mol. The SMILES string of the molecule is C=C[SiH](C=C)Cc1ccccc1.F. The molecule has 1 aromatic rings. The first-order valence-electron chi connectivity index (χ1n) is 4.16. The Morgan fingerprint density at radius 1 is 1.08 bits per heavy atom. The molecule has 0 saturated heterocycles. The van der Waals surface area contributed by atoms with Crippen LogP contribution in [0.1, 0.15) is 5.56 Å². The van der Waals surface area contributed by atoms with Crippen LogP contribution in [0.2, 0.25) is 0 Å². The second-order valence-corrected chi connectivity index (χ2v) is 5.50. The van der Waals surface area contributed by atoms with Gasteiger partial charge in [0.05, 0.1) is 8.80 Å². The van der Waals surface area contributed by atoms with Crippen LogP contribution in [-0.4, -0.2) is 8.80 Å². The van der Waals surface area contributed by atoms with Gasteiger partial charge in [0.25, 0.3) is 0 Å².